The minimum Gasteiger partial charge on any atom is -0.342 e. The van der Waals surface area contributed by atoms with E-state index in [-0.39, 0.29) is 0 Å². The molecule has 0 saturated heterocycles. The van der Waals surface area contributed by atoms with Crippen LogP contribution >= 0.6 is 0 Å². The fraction of sp³-hybridized carbons (Fsp3) is 0.975. The van der Waals surface area contributed by atoms with Crippen molar-refractivity contribution >= 4 is 5.91 Å². The molecule has 43 heavy (non-hydrogen) atoms. The van der Waals surface area contributed by atoms with Gasteiger partial charge in [-0.05, 0) is 71.0 Å². The van der Waals surface area contributed by atoms with Gasteiger partial charge in [0.2, 0.25) is 5.91 Å². The lowest BCUT2D eigenvalue weighted by Crippen LogP contribution is -2.39. The number of hydrogen-bond acceptors (Lipinski definition) is 2. The first-order valence-electron chi connectivity index (χ1n) is 19.9. The lowest BCUT2D eigenvalue weighted by Gasteiger charge is -2.32. The van der Waals surface area contributed by atoms with Crippen LogP contribution in [0.5, 0.6) is 0 Å². The van der Waals surface area contributed by atoms with Crippen LogP contribution in [0.4, 0.5) is 0 Å². The average Bonchev–Trinajstić information content (AvgIpc) is 2.99. The monoisotopic (exact) mass is 607 g/mol. The van der Waals surface area contributed by atoms with Crippen molar-refractivity contribution in [2.45, 2.75) is 207 Å². The van der Waals surface area contributed by atoms with Gasteiger partial charge in [0.15, 0.2) is 0 Å². The van der Waals surface area contributed by atoms with Gasteiger partial charge in [-0.2, -0.15) is 0 Å². The van der Waals surface area contributed by atoms with Crippen molar-refractivity contribution in [2.24, 2.45) is 11.8 Å². The van der Waals surface area contributed by atoms with Gasteiger partial charge in [0.25, 0.3) is 0 Å². The van der Waals surface area contributed by atoms with E-state index in [1.165, 1.54) is 167 Å². The summed E-state index contributed by atoms with van der Waals surface area (Å²) in [4.78, 5) is 18.6. The Hall–Kier alpha value is -0.570. The van der Waals surface area contributed by atoms with Gasteiger partial charge in [-0.1, -0.05) is 163 Å². The zero-order valence-corrected chi connectivity index (χ0v) is 30.9. The summed E-state index contributed by atoms with van der Waals surface area (Å²) in [5, 5.41) is 0. The summed E-state index contributed by atoms with van der Waals surface area (Å²) in [5.41, 5.74) is 0. The Kier molecular flexibility index (Phi) is 32.4. The van der Waals surface area contributed by atoms with Crippen molar-refractivity contribution < 1.29 is 4.79 Å². The van der Waals surface area contributed by atoms with E-state index in [0.717, 1.165) is 32.5 Å². The lowest BCUT2D eigenvalue weighted by molar-refractivity contribution is -0.132. The topological polar surface area (TPSA) is 23.6 Å². The van der Waals surface area contributed by atoms with Crippen LogP contribution in [0.1, 0.15) is 207 Å². The Bertz CT molecular complexity index is 529. The minimum atomic E-state index is 0.466. The zero-order chi connectivity index (χ0) is 31.8. The first-order chi connectivity index (χ1) is 21.0. The average molecular weight is 607 g/mol. The Morgan fingerprint density at radius 1 is 0.442 bits per heavy atom. The third-order valence-corrected chi connectivity index (χ3v) is 9.67. The number of carbonyl (C=O) groups excluding carboxylic acids is 1. The molecule has 0 heterocycles. The molecule has 0 aliphatic rings. The SMILES string of the molecule is CCCCCCCCC(CCCCCC)CN(CC(CCCCCC)CCCCCCCC)C(=O)CCCCCN(C)C. The van der Waals surface area contributed by atoms with Gasteiger partial charge >= 0.3 is 0 Å². The van der Waals surface area contributed by atoms with E-state index in [1.54, 1.807) is 0 Å². The van der Waals surface area contributed by atoms with Crippen molar-refractivity contribution in [1.29, 1.82) is 0 Å². The van der Waals surface area contributed by atoms with Gasteiger partial charge < -0.3 is 9.80 Å². The molecule has 0 bridgehead atoms. The van der Waals surface area contributed by atoms with Crippen LogP contribution in [0.2, 0.25) is 0 Å². The fourth-order valence-corrected chi connectivity index (χ4v) is 6.74. The third kappa shape index (κ3) is 28.6. The van der Waals surface area contributed by atoms with E-state index in [1.807, 2.05) is 0 Å². The Morgan fingerprint density at radius 2 is 0.767 bits per heavy atom. The van der Waals surface area contributed by atoms with E-state index in [0.29, 0.717) is 17.7 Å². The molecule has 0 rings (SSSR count). The smallest absolute Gasteiger partial charge is 0.222 e. The maximum Gasteiger partial charge on any atom is 0.222 e. The highest BCUT2D eigenvalue weighted by molar-refractivity contribution is 5.76. The maximum absolute atomic E-state index is 13.9. The normalized spacial score (nSPS) is 13.1. The molecule has 0 fully saturated rings. The molecule has 0 saturated carbocycles. The Labute approximate surface area is 273 Å². The molecule has 0 N–H and O–H groups in total. The molecule has 1 amide bonds. The quantitative estimate of drug-likeness (QED) is 0.0680. The van der Waals surface area contributed by atoms with Crippen LogP contribution in [-0.2, 0) is 4.79 Å². The molecule has 0 aromatic rings. The number of unbranched alkanes of at least 4 members (excludes halogenated alkanes) is 18. The van der Waals surface area contributed by atoms with Crippen LogP contribution < -0.4 is 0 Å². The molecular formula is C40H82N2O. The third-order valence-electron chi connectivity index (χ3n) is 9.67. The first kappa shape index (κ1) is 42.4. The Balaban J connectivity index is 5.42. The summed E-state index contributed by atoms with van der Waals surface area (Å²) in [6.45, 7) is 12.4. The van der Waals surface area contributed by atoms with Gasteiger partial charge in [0, 0.05) is 19.5 Å². The summed E-state index contributed by atoms with van der Waals surface area (Å²) >= 11 is 0. The van der Waals surface area contributed by atoms with E-state index < -0.39 is 0 Å². The zero-order valence-electron chi connectivity index (χ0n) is 30.9. The molecule has 2 atom stereocenters. The molecule has 0 aliphatic heterocycles. The van der Waals surface area contributed by atoms with E-state index in [2.05, 4.69) is 51.6 Å². The highest BCUT2D eigenvalue weighted by Gasteiger charge is 2.22. The van der Waals surface area contributed by atoms with Crippen LogP contribution in [0.15, 0.2) is 0 Å². The second-order valence-corrected chi connectivity index (χ2v) is 14.5. The van der Waals surface area contributed by atoms with Crippen molar-refractivity contribution in [3.05, 3.63) is 0 Å². The van der Waals surface area contributed by atoms with E-state index in [9.17, 15) is 4.79 Å². The molecular weight excluding hydrogens is 524 g/mol. The first-order valence-corrected chi connectivity index (χ1v) is 19.9. The number of carbonyl (C=O) groups is 1. The summed E-state index contributed by atoms with van der Waals surface area (Å²) < 4.78 is 0. The number of nitrogens with zero attached hydrogens (tertiary/aromatic N) is 2. The molecule has 2 unspecified atom stereocenters. The summed E-state index contributed by atoms with van der Waals surface area (Å²) in [6.07, 6.45) is 36.7. The summed E-state index contributed by atoms with van der Waals surface area (Å²) in [5.74, 6) is 1.85. The van der Waals surface area contributed by atoms with Crippen LogP contribution in [-0.4, -0.2) is 49.4 Å². The second kappa shape index (κ2) is 32.8. The van der Waals surface area contributed by atoms with Gasteiger partial charge in [-0.3, -0.25) is 4.79 Å². The van der Waals surface area contributed by atoms with Gasteiger partial charge in [-0.25, -0.2) is 0 Å². The molecule has 0 spiro atoms. The predicted molar refractivity (Wildman–Crippen MR) is 194 cm³/mol. The molecule has 258 valence electrons. The molecule has 0 aliphatic carbocycles. The summed E-state index contributed by atoms with van der Waals surface area (Å²) in [7, 11) is 4.31. The van der Waals surface area contributed by atoms with E-state index >= 15 is 0 Å². The minimum absolute atomic E-state index is 0.466. The largest absolute Gasteiger partial charge is 0.342 e. The second-order valence-electron chi connectivity index (χ2n) is 14.5. The van der Waals surface area contributed by atoms with Crippen LogP contribution in [0.25, 0.3) is 0 Å². The van der Waals surface area contributed by atoms with Crippen LogP contribution in [0.3, 0.4) is 0 Å². The predicted octanol–water partition coefficient (Wildman–Crippen LogP) is 12.6. The highest BCUT2D eigenvalue weighted by atomic mass is 16.2. The van der Waals surface area contributed by atoms with Crippen molar-refractivity contribution in [2.75, 3.05) is 33.7 Å². The molecule has 3 heteroatoms. The van der Waals surface area contributed by atoms with Gasteiger partial charge in [0.1, 0.15) is 0 Å². The van der Waals surface area contributed by atoms with Crippen molar-refractivity contribution in [3.8, 4) is 0 Å². The number of amides is 1. The van der Waals surface area contributed by atoms with Gasteiger partial charge in [-0.15, -0.1) is 0 Å². The van der Waals surface area contributed by atoms with Crippen molar-refractivity contribution in [1.82, 2.24) is 9.80 Å². The number of rotatable bonds is 34. The maximum atomic E-state index is 13.9. The van der Waals surface area contributed by atoms with E-state index in [4.69, 9.17) is 0 Å². The molecule has 0 aromatic carbocycles. The van der Waals surface area contributed by atoms with Crippen LogP contribution in [0, 0.1) is 11.8 Å². The van der Waals surface area contributed by atoms with Crippen molar-refractivity contribution in [3.63, 3.8) is 0 Å². The molecule has 0 radical (unpaired) electrons. The standard InChI is InChI=1S/C40H82N2O/c1-7-11-15-19-21-26-32-38(30-24-17-13-9-3)36-42(40(43)34-28-23-29-35-41(5)6)37-39(31-25-18-14-10-4)33-27-22-20-16-12-8-2/h38-39H,7-37H2,1-6H3. The highest BCUT2D eigenvalue weighted by Crippen LogP contribution is 2.25. The lowest BCUT2D eigenvalue weighted by atomic mass is 9.91. The number of hydrogen-bond donors (Lipinski definition) is 0. The molecule has 3 nitrogen and oxygen atoms in total. The Morgan fingerprint density at radius 3 is 1.14 bits per heavy atom. The summed E-state index contributed by atoms with van der Waals surface area (Å²) in [6, 6.07) is 0. The molecule has 0 aromatic heterocycles. The fourth-order valence-electron chi connectivity index (χ4n) is 6.74. The van der Waals surface area contributed by atoms with Gasteiger partial charge in [0.05, 0.1) is 0 Å².